The summed E-state index contributed by atoms with van der Waals surface area (Å²) >= 11 is 0. The first-order valence-corrected chi connectivity index (χ1v) is 9.83. The summed E-state index contributed by atoms with van der Waals surface area (Å²) in [6.45, 7) is 5.92. The van der Waals surface area contributed by atoms with Crippen LogP contribution in [0.25, 0.3) is 0 Å². The van der Waals surface area contributed by atoms with Crippen molar-refractivity contribution in [3.05, 3.63) is 17.0 Å². The Hall–Kier alpha value is -1.40. The van der Waals surface area contributed by atoms with E-state index in [9.17, 15) is 4.79 Å². The minimum absolute atomic E-state index is 0.179. The Morgan fingerprint density at radius 1 is 1.40 bits per heavy atom. The molecule has 2 atom stereocenters. The van der Waals surface area contributed by atoms with Gasteiger partial charge in [0.05, 0.1) is 5.69 Å². The van der Waals surface area contributed by atoms with Gasteiger partial charge in [0.25, 0.3) is 0 Å². The van der Waals surface area contributed by atoms with Crippen molar-refractivity contribution < 1.29 is 4.79 Å². The predicted molar refractivity (Wildman–Crippen MR) is 99.6 cm³/mol. The van der Waals surface area contributed by atoms with E-state index in [4.69, 9.17) is 5.10 Å². The number of rotatable bonds is 8. The number of carbonyl (C=O) groups is 1. The van der Waals surface area contributed by atoms with Crippen LogP contribution < -0.4 is 10.6 Å². The normalized spacial score (nSPS) is 22.6. The number of amides is 1. The molecule has 0 bridgehead atoms. The maximum Gasteiger partial charge on any atom is 0.219 e. The molecule has 1 aromatic rings. The number of aromatic nitrogens is 2. The summed E-state index contributed by atoms with van der Waals surface area (Å²) in [6.07, 6.45) is 6.28. The zero-order valence-electron chi connectivity index (χ0n) is 16.0. The molecule has 1 fully saturated rings. The van der Waals surface area contributed by atoms with Crippen LogP contribution >= 0.6 is 0 Å². The van der Waals surface area contributed by atoms with Gasteiger partial charge in [-0.3, -0.25) is 14.4 Å². The summed E-state index contributed by atoms with van der Waals surface area (Å²) in [4.78, 5) is 14.1. The number of hydrogen-bond donors (Lipinski definition) is 2. The van der Waals surface area contributed by atoms with Crippen molar-refractivity contribution in [3.63, 3.8) is 0 Å². The third kappa shape index (κ3) is 4.23. The molecule has 2 N–H and O–H groups in total. The molecule has 0 saturated heterocycles. The van der Waals surface area contributed by atoms with Gasteiger partial charge in [-0.1, -0.05) is 6.92 Å². The molecule has 1 saturated carbocycles. The van der Waals surface area contributed by atoms with Crippen molar-refractivity contribution >= 4 is 5.91 Å². The fourth-order valence-corrected chi connectivity index (χ4v) is 4.34. The number of nitrogens with zero attached hydrogens (tertiary/aromatic N) is 3. The number of hydrogen-bond acceptors (Lipinski definition) is 4. The molecule has 1 aliphatic carbocycles. The second-order valence-electron chi connectivity index (χ2n) is 7.60. The van der Waals surface area contributed by atoms with Crippen LogP contribution in [0.2, 0.25) is 0 Å². The molecule has 2 aliphatic rings. The summed E-state index contributed by atoms with van der Waals surface area (Å²) < 4.78 is 2.24. The molecule has 1 amide bonds. The zero-order valence-corrected chi connectivity index (χ0v) is 16.0. The first kappa shape index (κ1) is 18.4. The molecule has 25 heavy (non-hydrogen) atoms. The smallest absolute Gasteiger partial charge is 0.219 e. The number of nitrogens with one attached hydrogen (secondary N) is 2. The maximum atomic E-state index is 11.7. The lowest BCUT2D eigenvalue weighted by atomic mass is 9.93. The van der Waals surface area contributed by atoms with E-state index in [0.29, 0.717) is 18.4 Å². The summed E-state index contributed by atoms with van der Waals surface area (Å²) in [5.41, 5.74) is 4.23. The standard InChI is InChI=1S/C19H33N5O/c1-4-18(25)21-15-8-7-14(12-15)19-16(13-23(3)11-9-20-2)22-24-10-5-6-17(19)24/h14-15,20H,4-13H2,1-3H3,(H,21,25). The van der Waals surface area contributed by atoms with Crippen molar-refractivity contribution in [2.24, 2.45) is 0 Å². The van der Waals surface area contributed by atoms with Crippen molar-refractivity contribution in [2.45, 2.75) is 70.5 Å². The Kier molecular flexibility index (Phi) is 6.12. The van der Waals surface area contributed by atoms with E-state index in [1.54, 1.807) is 0 Å². The Balaban J connectivity index is 1.73. The van der Waals surface area contributed by atoms with E-state index < -0.39 is 0 Å². The Labute approximate surface area is 151 Å². The van der Waals surface area contributed by atoms with Gasteiger partial charge < -0.3 is 10.6 Å². The van der Waals surface area contributed by atoms with Gasteiger partial charge in [0, 0.05) is 49.9 Å². The van der Waals surface area contributed by atoms with Crippen LogP contribution in [0.1, 0.15) is 61.9 Å². The van der Waals surface area contributed by atoms with Gasteiger partial charge >= 0.3 is 0 Å². The number of likely N-dealkylation sites (N-methyl/N-ethyl adjacent to an activating group) is 2. The van der Waals surface area contributed by atoms with E-state index >= 15 is 0 Å². The predicted octanol–water partition coefficient (Wildman–Crippen LogP) is 1.64. The SMILES string of the molecule is CCC(=O)NC1CCC(c2c(CN(C)CCNC)nn3c2CCC3)C1. The second-order valence-corrected chi connectivity index (χ2v) is 7.60. The van der Waals surface area contributed by atoms with Crippen molar-refractivity contribution in [2.75, 3.05) is 27.2 Å². The highest BCUT2D eigenvalue weighted by molar-refractivity contribution is 5.75. The van der Waals surface area contributed by atoms with Gasteiger partial charge in [-0.25, -0.2) is 0 Å². The third-order valence-electron chi connectivity index (χ3n) is 5.65. The molecular weight excluding hydrogens is 314 g/mol. The molecule has 140 valence electrons. The summed E-state index contributed by atoms with van der Waals surface area (Å²) in [5.74, 6) is 0.731. The molecule has 1 aromatic heterocycles. The minimum atomic E-state index is 0.179. The maximum absolute atomic E-state index is 11.7. The van der Waals surface area contributed by atoms with Crippen molar-refractivity contribution in [3.8, 4) is 0 Å². The Morgan fingerprint density at radius 3 is 3.00 bits per heavy atom. The van der Waals surface area contributed by atoms with Crippen LogP contribution in [0, 0.1) is 0 Å². The highest BCUT2D eigenvalue weighted by Crippen LogP contribution is 2.40. The molecule has 0 spiro atoms. The van der Waals surface area contributed by atoms with Gasteiger partial charge in [-0.15, -0.1) is 0 Å². The molecule has 2 unspecified atom stereocenters. The van der Waals surface area contributed by atoms with Gasteiger partial charge in [0.1, 0.15) is 0 Å². The molecular formula is C19H33N5O. The molecule has 3 rings (SSSR count). The lowest BCUT2D eigenvalue weighted by Gasteiger charge is -2.18. The van der Waals surface area contributed by atoms with Gasteiger partial charge in [-0.05, 0) is 52.1 Å². The number of aryl methyl sites for hydroxylation is 1. The molecule has 1 aliphatic heterocycles. The van der Waals surface area contributed by atoms with Gasteiger partial charge in [0.15, 0.2) is 0 Å². The second kappa shape index (κ2) is 8.32. The minimum Gasteiger partial charge on any atom is -0.353 e. The summed E-state index contributed by atoms with van der Waals surface area (Å²) in [5, 5.41) is 11.4. The number of carbonyl (C=O) groups excluding carboxylic acids is 1. The van der Waals surface area contributed by atoms with Crippen molar-refractivity contribution in [1.29, 1.82) is 0 Å². The van der Waals surface area contributed by atoms with Crippen molar-refractivity contribution in [1.82, 2.24) is 25.3 Å². The lowest BCUT2D eigenvalue weighted by molar-refractivity contribution is -0.121. The van der Waals surface area contributed by atoms with E-state index in [0.717, 1.165) is 45.4 Å². The van der Waals surface area contributed by atoms with E-state index in [1.165, 1.54) is 29.8 Å². The first-order chi connectivity index (χ1) is 12.1. The van der Waals surface area contributed by atoms with Crippen LogP contribution in [0.15, 0.2) is 0 Å². The largest absolute Gasteiger partial charge is 0.353 e. The average molecular weight is 348 g/mol. The van der Waals surface area contributed by atoms with Crippen LogP contribution in [-0.4, -0.2) is 53.8 Å². The summed E-state index contributed by atoms with van der Waals surface area (Å²) in [6, 6.07) is 0.337. The quantitative estimate of drug-likeness (QED) is 0.750. The van der Waals surface area contributed by atoms with Crippen LogP contribution in [0.4, 0.5) is 0 Å². The molecule has 2 heterocycles. The molecule has 0 aromatic carbocycles. The topological polar surface area (TPSA) is 62.2 Å². The van der Waals surface area contributed by atoms with E-state index in [-0.39, 0.29) is 5.91 Å². The van der Waals surface area contributed by atoms with E-state index in [1.807, 2.05) is 14.0 Å². The fourth-order valence-electron chi connectivity index (χ4n) is 4.34. The van der Waals surface area contributed by atoms with Gasteiger partial charge in [0.2, 0.25) is 5.91 Å². The van der Waals surface area contributed by atoms with Gasteiger partial charge in [-0.2, -0.15) is 5.10 Å². The first-order valence-electron chi connectivity index (χ1n) is 9.83. The zero-order chi connectivity index (χ0) is 17.8. The Morgan fingerprint density at radius 2 is 2.24 bits per heavy atom. The molecule has 6 heteroatoms. The Bertz CT molecular complexity index is 597. The third-order valence-corrected chi connectivity index (χ3v) is 5.65. The highest BCUT2D eigenvalue weighted by atomic mass is 16.1. The van der Waals surface area contributed by atoms with Crippen LogP contribution in [0.3, 0.4) is 0 Å². The molecule has 6 nitrogen and oxygen atoms in total. The van der Waals surface area contributed by atoms with E-state index in [2.05, 4.69) is 27.3 Å². The van der Waals surface area contributed by atoms with Crippen LogP contribution in [-0.2, 0) is 24.3 Å². The van der Waals surface area contributed by atoms with Crippen LogP contribution in [0.5, 0.6) is 0 Å². The monoisotopic (exact) mass is 347 g/mol. The lowest BCUT2D eigenvalue weighted by Crippen LogP contribution is -2.32. The molecule has 0 radical (unpaired) electrons. The summed E-state index contributed by atoms with van der Waals surface area (Å²) in [7, 11) is 4.16. The average Bonchev–Trinajstić information content (AvgIpc) is 3.29. The number of fused-ring (bicyclic) bond motifs is 1. The fraction of sp³-hybridized carbons (Fsp3) is 0.789. The highest BCUT2D eigenvalue weighted by Gasteiger charge is 2.33.